The molecule has 8 atom stereocenters. The lowest BCUT2D eigenvalue weighted by molar-refractivity contribution is -0.224. The van der Waals surface area contributed by atoms with E-state index >= 15 is 0 Å². The Morgan fingerprint density at radius 3 is 2.59 bits per heavy atom. The summed E-state index contributed by atoms with van der Waals surface area (Å²) in [6.45, 7) is 6.07. The summed E-state index contributed by atoms with van der Waals surface area (Å²) in [4.78, 5) is 11.5. The number of hydrogen-bond acceptors (Lipinski definition) is 5. The van der Waals surface area contributed by atoms with Crippen LogP contribution in [0.1, 0.15) is 59.3 Å². The van der Waals surface area contributed by atoms with Crippen LogP contribution in [0.25, 0.3) is 0 Å². The van der Waals surface area contributed by atoms with E-state index in [0.717, 1.165) is 31.3 Å². The maximum atomic E-state index is 11.5. The third-order valence-corrected chi connectivity index (χ3v) is 8.99. The third kappa shape index (κ3) is 2.57. The Morgan fingerprint density at radius 1 is 1.19 bits per heavy atom. The van der Waals surface area contributed by atoms with Gasteiger partial charge in [-0.25, -0.2) is 0 Å². The van der Waals surface area contributed by atoms with Gasteiger partial charge >= 0.3 is 5.97 Å². The van der Waals surface area contributed by atoms with Crippen LogP contribution in [0.15, 0.2) is 11.6 Å². The first-order chi connectivity index (χ1) is 12.7. The van der Waals surface area contributed by atoms with Gasteiger partial charge in [-0.1, -0.05) is 19.9 Å². The Kier molecular flexibility index (Phi) is 4.53. The number of aliphatic hydroxyl groups is 3. The molecule has 0 unspecified atom stereocenters. The molecule has 27 heavy (non-hydrogen) atoms. The summed E-state index contributed by atoms with van der Waals surface area (Å²) in [6, 6.07) is 0. The molecule has 0 aromatic carbocycles. The predicted molar refractivity (Wildman–Crippen MR) is 101 cm³/mol. The molecule has 0 heterocycles. The number of aliphatic hydroxyl groups excluding tert-OH is 3. The molecule has 5 nitrogen and oxygen atoms in total. The largest absolute Gasteiger partial charge is 0.465 e. The zero-order valence-electron chi connectivity index (χ0n) is 16.8. The SMILES string of the molecule is CC(=O)OC[C@]1(C)[C@H]2C[C@H](O)[C@]34C=C(CO)[C@H](CC[C@H]3[C@]2(C)CC[C@H]1O)C4. The lowest BCUT2D eigenvalue weighted by Crippen LogP contribution is -2.64. The van der Waals surface area contributed by atoms with Crippen LogP contribution in [0.5, 0.6) is 0 Å². The van der Waals surface area contributed by atoms with Crippen LogP contribution in [-0.4, -0.2) is 46.7 Å². The molecular weight excluding hydrogens is 344 g/mol. The van der Waals surface area contributed by atoms with Crippen molar-refractivity contribution >= 4 is 5.97 Å². The summed E-state index contributed by atoms with van der Waals surface area (Å²) >= 11 is 0. The fourth-order valence-corrected chi connectivity index (χ4v) is 7.62. The monoisotopic (exact) mass is 378 g/mol. The molecule has 0 saturated heterocycles. The number of fused-ring (bicyclic) bond motifs is 3. The maximum Gasteiger partial charge on any atom is 0.302 e. The Hall–Kier alpha value is -0.910. The van der Waals surface area contributed by atoms with Gasteiger partial charge in [0.05, 0.1) is 25.4 Å². The molecule has 4 aliphatic carbocycles. The average Bonchev–Trinajstić information content (AvgIpc) is 2.91. The van der Waals surface area contributed by atoms with Crippen LogP contribution in [-0.2, 0) is 9.53 Å². The topological polar surface area (TPSA) is 87.0 Å². The minimum Gasteiger partial charge on any atom is -0.465 e. The molecule has 3 N–H and O–H groups in total. The number of carbonyl (C=O) groups excluding carboxylic acids is 1. The van der Waals surface area contributed by atoms with Gasteiger partial charge < -0.3 is 20.1 Å². The Morgan fingerprint density at radius 2 is 1.93 bits per heavy atom. The molecule has 152 valence electrons. The Balaban J connectivity index is 1.73. The molecule has 0 amide bonds. The second-order valence-corrected chi connectivity index (χ2v) is 10.2. The summed E-state index contributed by atoms with van der Waals surface area (Å²) in [5, 5.41) is 32.0. The van der Waals surface area contributed by atoms with Crippen molar-refractivity contribution in [3.63, 3.8) is 0 Å². The molecule has 4 rings (SSSR count). The fourth-order valence-electron chi connectivity index (χ4n) is 7.62. The van der Waals surface area contributed by atoms with Gasteiger partial charge in [0, 0.05) is 17.8 Å². The zero-order chi connectivity index (χ0) is 19.6. The number of hydrogen-bond donors (Lipinski definition) is 3. The second kappa shape index (κ2) is 6.30. The van der Waals surface area contributed by atoms with Gasteiger partial charge in [0.15, 0.2) is 0 Å². The van der Waals surface area contributed by atoms with Crippen LogP contribution in [0.2, 0.25) is 0 Å². The number of ether oxygens (including phenoxy) is 1. The van der Waals surface area contributed by atoms with E-state index in [9.17, 15) is 20.1 Å². The smallest absolute Gasteiger partial charge is 0.302 e. The summed E-state index contributed by atoms with van der Waals surface area (Å²) in [6.07, 6.45) is 6.52. The van der Waals surface area contributed by atoms with Crippen molar-refractivity contribution in [2.24, 2.45) is 34.0 Å². The summed E-state index contributed by atoms with van der Waals surface area (Å²) in [7, 11) is 0. The summed E-state index contributed by atoms with van der Waals surface area (Å²) in [5.41, 5.74) is 0.314. The predicted octanol–water partition coefficient (Wildman–Crippen LogP) is 2.43. The molecule has 0 radical (unpaired) electrons. The van der Waals surface area contributed by atoms with E-state index in [1.165, 1.54) is 6.92 Å². The van der Waals surface area contributed by atoms with Crippen LogP contribution in [0.4, 0.5) is 0 Å². The number of rotatable bonds is 3. The maximum absolute atomic E-state index is 11.5. The Labute approximate surface area is 161 Å². The molecule has 0 aromatic heterocycles. The minimum atomic E-state index is -0.541. The van der Waals surface area contributed by atoms with Crippen LogP contribution >= 0.6 is 0 Å². The highest BCUT2D eigenvalue weighted by Crippen LogP contribution is 2.70. The first kappa shape index (κ1) is 19.4. The van der Waals surface area contributed by atoms with E-state index < -0.39 is 17.6 Å². The van der Waals surface area contributed by atoms with Gasteiger partial charge in [-0.3, -0.25) is 4.79 Å². The zero-order valence-corrected chi connectivity index (χ0v) is 16.8. The van der Waals surface area contributed by atoms with Crippen LogP contribution in [0.3, 0.4) is 0 Å². The lowest BCUT2D eigenvalue weighted by atomic mass is 9.40. The van der Waals surface area contributed by atoms with E-state index in [0.29, 0.717) is 24.7 Å². The van der Waals surface area contributed by atoms with Crippen molar-refractivity contribution in [3.05, 3.63) is 11.6 Å². The molecule has 1 spiro atoms. The van der Waals surface area contributed by atoms with E-state index in [1.54, 1.807) is 0 Å². The average molecular weight is 379 g/mol. The van der Waals surface area contributed by atoms with Crippen molar-refractivity contribution in [2.75, 3.05) is 13.2 Å². The van der Waals surface area contributed by atoms with Crippen molar-refractivity contribution < 1.29 is 24.9 Å². The fraction of sp³-hybridized carbons (Fsp3) is 0.864. The summed E-state index contributed by atoms with van der Waals surface area (Å²) < 4.78 is 5.39. The normalized spacial score (nSPS) is 51.2. The minimum absolute atomic E-state index is 0.0142. The lowest BCUT2D eigenvalue weighted by Gasteiger charge is -2.66. The molecule has 3 saturated carbocycles. The third-order valence-electron chi connectivity index (χ3n) is 8.99. The van der Waals surface area contributed by atoms with Crippen LogP contribution < -0.4 is 0 Å². The first-order valence-corrected chi connectivity index (χ1v) is 10.5. The molecule has 3 fully saturated rings. The number of esters is 1. The van der Waals surface area contributed by atoms with Crippen molar-refractivity contribution in [2.45, 2.75) is 71.5 Å². The molecule has 4 aliphatic rings. The highest BCUT2D eigenvalue weighted by Gasteiger charge is 2.67. The molecule has 0 aliphatic heterocycles. The van der Waals surface area contributed by atoms with Gasteiger partial charge in [-0.05, 0) is 67.3 Å². The molecule has 0 aromatic rings. The first-order valence-electron chi connectivity index (χ1n) is 10.5. The van der Waals surface area contributed by atoms with Gasteiger partial charge in [0.2, 0.25) is 0 Å². The second-order valence-electron chi connectivity index (χ2n) is 10.2. The van der Waals surface area contributed by atoms with E-state index in [4.69, 9.17) is 4.74 Å². The highest BCUT2D eigenvalue weighted by molar-refractivity contribution is 5.65. The summed E-state index contributed by atoms with van der Waals surface area (Å²) in [5.74, 6) is 0.517. The van der Waals surface area contributed by atoms with Gasteiger partial charge in [0.1, 0.15) is 0 Å². The van der Waals surface area contributed by atoms with E-state index in [-0.39, 0.29) is 35.9 Å². The molecule has 2 bridgehead atoms. The Bertz CT molecular complexity index is 659. The quantitative estimate of drug-likeness (QED) is 0.519. The van der Waals surface area contributed by atoms with E-state index in [1.807, 2.05) is 6.92 Å². The van der Waals surface area contributed by atoms with Crippen LogP contribution in [0, 0.1) is 34.0 Å². The van der Waals surface area contributed by atoms with Crippen molar-refractivity contribution in [1.29, 1.82) is 0 Å². The van der Waals surface area contributed by atoms with Gasteiger partial charge in [-0.15, -0.1) is 0 Å². The standard InChI is InChI=1S/C22H34O5/c1-13(24)27-12-21(3)17-8-19(26)22-9-14(15(10-22)11-23)4-5-16(22)20(17,2)7-6-18(21)25/h10,14,16-19,23,25-26H,4-9,11-12H2,1-3H3/t14-,16+,17+,18-,19+,20+,21-,22-/m1/s1. The highest BCUT2D eigenvalue weighted by atomic mass is 16.5. The molecular formula is C22H34O5. The van der Waals surface area contributed by atoms with Crippen molar-refractivity contribution in [3.8, 4) is 0 Å². The van der Waals surface area contributed by atoms with Gasteiger partial charge in [0.25, 0.3) is 0 Å². The van der Waals surface area contributed by atoms with E-state index in [2.05, 4.69) is 13.0 Å². The van der Waals surface area contributed by atoms with Gasteiger partial charge in [-0.2, -0.15) is 0 Å². The number of carbonyl (C=O) groups is 1. The molecule has 5 heteroatoms. The van der Waals surface area contributed by atoms with Crippen molar-refractivity contribution in [1.82, 2.24) is 0 Å².